The van der Waals surface area contributed by atoms with Gasteiger partial charge in [0.05, 0.1) is 5.92 Å². The second-order valence-electron chi connectivity index (χ2n) is 7.52. The molecule has 4 rings (SSSR count). The Morgan fingerprint density at radius 3 is 2.87 bits per heavy atom. The second-order valence-corrected chi connectivity index (χ2v) is 10.6. The minimum atomic E-state index is -3.69. The van der Waals surface area contributed by atoms with Gasteiger partial charge in [-0.15, -0.1) is 11.3 Å². The van der Waals surface area contributed by atoms with Gasteiger partial charge in [-0.3, -0.25) is 4.79 Å². The van der Waals surface area contributed by atoms with Crippen molar-refractivity contribution in [2.75, 3.05) is 19.6 Å². The summed E-state index contributed by atoms with van der Waals surface area (Å²) >= 11 is 1.12. The van der Waals surface area contributed by atoms with Crippen molar-refractivity contribution in [1.82, 2.24) is 19.8 Å². The Bertz CT molecular complexity index is 1140. The molecule has 1 N–H and O–H groups in total. The van der Waals surface area contributed by atoms with Gasteiger partial charge in [-0.1, -0.05) is 35.5 Å². The molecule has 1 saturated heterocycles. The largest absolute Gasteiger partial charge is 0.355 e. The fraction of sp³-hybridized carbons (Fsp3) is 0.381. The van der Waals surface area contributed by atoms with E-state index in [1.165, 1.54) is 4.31 Å². The van der Waals surface area contributed by atoms with Crippen LogP contribution in [0.4, 0.5) is 0 Å². The van der Waals surface area contributed by atoms with E-state index in [1.807, 2.05) is 30.3 Å². The minimum absolute atomic E-state index is 0.0926. The van der Waals surface area contributed by atoms with Crippen molar-refractivity contribution in [3.05, 3.63) is 53.2 Å². The maximum Gasteiger partial charge on any atom is 0.252 e. The standard InChI is InChI=1S/C21H24N4O4S2/c1-15-23-20(24-29-15)18-12-19(30-14-18)31(27,28)25-11-5-8-17(13-25)21(26)22-10-9-16-6-3-2-4-7-16/h2-4,6-7,12,14,17H,5,8-11,13H2,1H3,(H,22,26). The lowest BCUT2D eigenvalue weighted by atomic mass is 9.99. The lowest BCUT2D eigenvalue weighted by Crippen LogP contribution is -2.45. The molecule has 1 aliphatic rings. The Morgan fingerprint density at radius 1 is 1.32 bits per heavy atom. The Kier molecular flexibility index (Phi) is 6.49. The molecule has 1 amide bonds. The molecular weight excluding hydrogens is 436 g/mol. The van der Waals surface area contributed by atoms with E-state index in [9.17, 15) is 13.2 Å². The Balaban J connectivity index is 1.38. The van der Waals surface area contributed by atoms with E-state index in [0.29, 0.717) is 43.2 Å². The molecule has 10 heteroatoms. The second kappa shape index (κ2) is 9.29. The number of amides is 1. The number of aromatic nitrogens is 2. The van der Waals surface area contributed by atoms with Crippen LogP contribution in [0.2, 0.25) is 0 Å². The first-order valence-corrected chi connectivity index (χ1v) is 12.5. The zero-order chi connectivity index (χ0) is 21.8. The lowest BCUT2D eigenvalue weighted by molar-refractivity contribution is -0.126. The number of sulfonamides is 1. The van der Waals surface area contributed by atoms with Crippen molar-refractivity contribution in [3.63, 3.8) is 0 Å². The average Bonchev–Trinajstić information content (AvgIpc) is 3.44. The van der Waals surface area contributed by atoms with Crippen LogP contribution in [0.25, 0.3) is 11.4 Å². The summed E-state index contributed by atoms with van der Waals surface area (Å²) in [6.07, 6.45) is 2.08. The predicted octanol–water partition coefficient (Wildman–Crippen LogP) is 2.87. The summed E-state index contributed by atoms with van der Waals surface area (Å²) in [7, 11) is -3.69. The van der Waals surface area contributed by atoms with Gasteiger partial charge in [0, 0.05) is 37.5 Å². The Morgan fingerprint density at radius 2 is 2.13 bits per heavy atom. The van der Waals surface area contributed by atoms with Gasteiger partial charge in [0.2, 0.25) is 17.6 Å². The Labute approximate surface area is 185 Å². The fourth-order valence-electron chi connectivity index (χ4n) is 3.61. The molecule has 164 valence electrons. The van der Waals surface area contributed by atoms with Crippen LogP contribution < -0.4 is 5.32 Å². The van der Waals surface area contributed by atoms with Crippen LogP contribution in [0.15, 0.2) is 50.5 Å². The third-order valence-electron chi connectivity index (χ3n) is 5.27. The van der Waals surface area contributed by atoms with E-state index >= 15 is 0 Å². The molecule has 8 nitrogen and oxygen atoms in total. The van der Waals surface area contributed by atoms with Gasteiger partial charge in [0.1, 0.15) is 4.21 Å². The first-order valence-electron chi connectivity index (χ1n) is 10.1. The van der Waals surface area contributed by atoms with Gasteiger partial charge in [0.15, 0.2) is 0 Å². The zero-order valence-electron chi connectivity index (χ0n) is 17.2. The summed E-state index contributed by atoms with van der Waals surface area (Å²) in [6.45, 7) is 2.81. The first-order chi connectivity index (χ1) is 14.9. The summed E-state index contributed by atoms with van der Waals surface area (Å²) in [6, 6.07) is 11.5. The molecule has 1 atom stereocenters. The highest BCUT2D eigenvalue weighted by Gasteiger charge is 2.34. The number of aryl methyl sites for hydroxylation is 1. The highest BCUT2D eigenvalue weighted by Crippen LogP contribution is 2.31. The normalized spacial score (nSPS) is 17.5. The van der Waals surface area contributed by atoms with Crippen LogP contribution in [-0.4, -0.2) is 48.4 Å². The number of benzene rings is 1. The molecule has 0 spiro atoms. The van der Waals surface area contributed by atoms with Crippen molar-refractivity contribution in [1.29, 1.82) is 0 Å². The molecule has 31 heavy (non-hydrogen) atoms. The summed E-state index contributed by atoms with van der Waals surface area (Å²) in [5, 5.41) is 8.50. The number of hydrogen-bond acceptors (Lipinski definition) is 7. The molecule has 0 saturated carbocycles. The number of carbonyl (C=O) groups excluding carboxylic acids is 1. The van der Waals surface area contributed by atoms with Gasteiger partial charge in [-0.2, -0.15) is 9.29 Å². The van der Waals surface area contributed by atoms with Crippen LogP contribution in [0, 0.1) is 12.8 Å². The number of rotatable bonds is 7. The Hall–Kier alpha value is -2.56. The zero-order valence-corrected chi connectivity index (χ0v) is 18.8. The van der Waals surface area contributed by atoms with Crippen molar-refractivity contribution >= 4 is 27.3 Å². The summed E-state index contributed by atoms with van der Waals surface area (Å²) in [5.74, 6) is 0.343. The molecule has 0 aliphatic carbocycles. The fourth-order valence-corrected chi connectivity index (χ4v) is 6.44. The van der Waals surface area contributed by atoms with Crippen LogP contribution in [0.3, 0.4) is 0 Å². The number of hydrogen-bond donors (Lipinski definition) is 1. The topological polar surface area (TPSA) is 105 Å². The number of carbonyl (C=O) groups is 1. The summed E-state index contributed by atoms with van der Waals surface area (Å²) < 4.78 is 32.9. The molecule has 2 aromatic heterocycles. The maximum atomic E-state index is 13.1. The average molecular weight is 461 g/mol. The molecule has 3 aromatic rings. The number of piperidine rings is 1. The van der Waals surface area contributed by atoms with Gasteiger partial charge in [0.25, 0.3) is 10.0 Å². The monoisotopic (exact) mass is 460 g/mol. The molecule has 1 aromatic carbocycles. The van der Waals surface area contributed by atoms with Gasteiger partial charge >= 0.3 is 0 Å². The predicted molar refractivity (Wildman–Crippen MR) is 117 cm³/mol. The van der Waals surface area contributed by atoms with Crippen LogP contribution >= 0.6 is 11.3 Å². The first kappa shape index (κ1) is 21.7. The molecule has 1 aliphatic heterocycles. The molecule has 1 fully saturated rings. The van der Waals surface area contributed by atoms with E-state index < -0.39 is 10.0 Å². The third-order valence-corrected chi connectivity index (χ3v) is 8.55. The van der Waals surface area contributed by atoms with E-state index in [4.69, 9.17) is 4.52 Å². The molecule has 0 bridgehead atoms. The van der Waals surface area contributed by atoms with Gasteiger partial charge in [-0.25, -0.2) is 8.42 Å². The molecule has 1 unspecified atom stereocenters. The molecule has 3 heterocycles. The highest BCUT2D eigenvalue weighted by molar-refractivity contribution is 7.91. The van der Waals surface area contributed by atoms with Crippen molar-refractivity contribution in [3.8, 4) is 11.4 Å². The van der Waals surface area contributed by atoms with E-state index in [2.05, 4.69) is 15.5 Å². The van der Waals surface area contributed by atoms with Crippen LogP contribution in [0.1, 0.15) is 24.3 Å². The smallest absolute Gasteiger partial charge is 0.252 e. The van der Waals surface area contributed by atoms with Crippen molar-refractivity contribution < 1.29 is 17.7 Å². The quantitative estimate of drug-likeness (QED) is 0.581. The minimum Gasteiger partial charge on any atom is -0.355 e. The highest BCUT2D eigenvalue weighted by atomic mass is 32.2. The van der Waals surface area contributed by atoms with Gasteiger partial charge < -0.3 is 9.84 Å². The summed E-state index contributed by atoms with van der Waals surface area (Å²) in [5.41, 5.74) is 1.76. The van der Waals surface area contributed by atoms with E-state index in [0.717, 1.165) is 23.3 Å². The van der Waals surface area contributed by atoms with Crippen LogP contribution in [0.5, 0.6) is 0 Å². The third kappa shape index (κ3) is 5.03. The summed E-state index contributed by atoms with van der Waals surface area (Å²) in [4.78, 5) is 16.8. The molecule has 0 radical (unpaired) electrons. The van der Waals surface area contributed by atoms with Crippen molar-refractivity contribution in [2.24, 2.45) is 5.92 Å². The van der Waals surface area contributed by atoms with E-state index in [1.54, 1.807) is 18.4 Å². The molecular formula is C21H24N4O4S2. The number of nitrogens with one attached hydrogen (secondary N) is 1. The van der Waals surface area contributed by atoms with Crippen LogP contribution in [-0.2, 0) is 21.2 Å². The maximum absolute atomic E-state index is 13.1. The number of thiophene rings is 1. The number of nitrogens with zero attached hydrogens (tertiary/aromatic N) is 3. The van der Waals surface area contributed by atoms with E-state index in [-0.39, 0.29) is 22.6 Å². The van der Waals surface area contributed by atoms with Crippen molar-refractivity contribution in [2.45, 2.75) is 30.4 Å². The van der Waals surface area contributed by atoms with Gasteiger partial charge in [-0.05, 0) is 30.9 Å². The SMILES string of the molecule is Cc1nc(-c2csc(S(=O)(=O)N3CCCC(C(=O)NCCc4ccccc4)C3)c2)no1. The lowest BCUT2D eigenvalue weighted by Gasteiger charge is -2.30.